The van der Waals surface area contributed by atoms with Crippen molar-refractivity contribution in [1.29, 1.82) is 0 Å². The minimum Gasteiger partial charge on any atom is -0.393 e. The number of esters is 1. The summed E-state index contributed by atoms with van der Waals surface area (Å²) < 4.78 is 462. The highest BCUT2D eigenvalue weighted by Gasteiger charge is 3.09. The van der Waals surface area contributed by atoms with Crippen LogP contribution >= 0.6 is 0 Å². The van der Waals surface area contributed by atoms with Crippen molar-refractivity contribution in [3.8, 4) is 0 Å². The zero-order chi connectivity index (χ0) is 46.4. The average Bonchev–Trinajstić information content (AvgIpc) is 2.98. The van der Waals surface area contributed by atoms with Gasteiger partial charge in [-0.15, -0.1) is 0 Å². The Balaban J connectivity index is 4.31. The Labute approximate surface area is 281 Å². The number of carbonyl (C=O) groups excluding carboxylic acids is 1. The summed E-state index contributed by atoms with van der Waals surface area (Å²) in [5.41, 5.74) is -12.2. The van der Waals surface area contributed by atoms with E-state index in [0.29, 0.717) is 0 Å². The number of hydrogen-bond acceptors (Lipinski definition) is 2. The highest BCUT2D eigenvalue weighted by molar-refractivity contribution is 5.87. The molecule has 56 heavy (non-hydrogen) atoms. The first kappa shape index (κ1) is 50.9. The Morgan fingerprint density at radius 3 is 0.804 bits per heavy atom. The number of carbonyl (C=O) groups is 1. The molecule has 0 saturated heterocycles. The number of alkyl halides is 33. The maximum Gasteiger partial charge on any atom is 0.473 e. The molecule has 0 radical (unpaired) electrons. The summed E-state index contributed by atoms with van der Waals surface area (Å²) in [4.78, 5) is 10.9. The van der Waals surface area contributed by atoms with Gasteiger partial charge in [0.05, 0.1) is 0 Å². The summed E-state index contributed by atoms with van der Waals surface area (Å²) in [7, 11) is 0. The van der Waals surface area contributed by atoms with Gasteiger partial charge in [-0.25, -0.2) is 9.18 Å². The number of hydrogen-bond donors (Lipinski definition) is 0. The lowest BCUT2D eigenvalue weighted by molar-refractivity contribution is -0.490. The van der Waals surface area contributed by atoms with Crippen LogP contribution in [0.5, 0.6) is 0 Å². The van der Waals surface area contributed by atoms with Crippen LogP contribution in [-0.2, 0) is 9.53 Å². The second kappa shape index (κ2) is 12.0. The first-order chi connectivity index (χ1) is 23.6. The predicted octanol–water partition coefficient (Wildman–Crippen LogP) is 10.9. The molecule has 35 heteroatoms. The molecule has 1 fully saturated rings. The van der Waals surface area contributed by atoms with Gasteiger partial charge in [0.1, 0.15) is 0 Å². The maximum atomic E-state index is 14.8. The van der Waals surface area contributed by atoms with Crippen molar-refractivity contribution in [3.05, 3.63) is 12.2 Å². The molecular weight excluding hydrogens is 911 g/mol. The van der Waals surface area contributed by atoms with Crippen molar-refractivity contribution >= 4 is 5.97 Å². The van der Waals surface area contributed by atoms with E-state index in [1.165, 1.54) is 0 Å². The highest BCUT2D eigenvalue weighted by Crippen LogP contribution is 2.75. The highest BCUT2D eigenvalue weighted by atomic mass is 19.4. The second-order valence-electron chi connectivity index (χ2n) is 11.0. The molecule has 0 spiro atoms. The summed E-state index contributed by atoms with van der Waals surface area (Å²) >= 11 is 0. The van der Waals surface area contributed by atoms with Crippen molar-refractivity contribution in [2.75, 3.05) is 0 Å². The average molecular weight is 916 g/mol. The van der Waals surface area contributed by atoms with E-state index in [1.54, 1.807) is 0 Å². The van der Waals surface area contributed by atoms with Crippen molar-refractivity contribution in [2.24, 2.45) is 0 Å². The van der Waals surface area contributed by atoms with Crippen LogP contribution in [0.3, 0.4) is 0 Å². The molecule has 0 bridgehead atoms. The molecule has 0 amide bonds. The molecule has 0 aromatic rings. The lowest BCUT2D eigenvalue weighted by atomic mass is 9.75. The third-order valence-corrected chi connectivity index (χ3v) is 7.36. The molecule has 0 aliphatic heterocycles. The van der Waals surface area contributed by atoms with E-state index in [-0.39, 0.29) is 6.92 Å². The lowest BCUT2D eigenvalue weighted by Gasteiger charge is -2.49. The minimum atomic E-state index is -10.6. The van der Waals surface area contributed by atoms with Gasteiger partial charge in [-0.1, -0.05) is 6.58 Å². The molecule has 1 saturated carbocycles. The van der Waals surface area contributed by atoms with Gasteiger partial charge in [0, 0.05) is 5.57 Å². The zero-order valence-corrected chi connectivity index (χ0v) is 24.5. The van der Waals surface area contributed by atoms with Gasteiger partial charge in [-0.2, -0.15) is 140 Å². The minimum absolute atomic E-state index is 0.0873. The SMILES string of the molecule is C=C(C)C(=O)OC(F)(F)C(F)(F)C(F)(F)C(F)(F)C(F)(F)C(F)(F)C(F)(F)C(F)(F)C(F)(F)C(F)(F)C1(F)C(F)(F)C(F)(F)C(F)(F)C(F)(F)C(F)(F)C1(F)F. The normalized spacial score (nSPS) is 23.2. The van der Waals surface area contributed by atoms with Crippen molar-refractivity contribution in [2.45, 2.75) is 108 Å². The van der Waals surface area contributed by atoms with Gasteiger partial charge in [0.25, 0.3) is 0 Å². The largest absolute Gasteiger partial charge is 0.473 e. The van der Waals surface area contributed by atoms with E-state index in [4.69, 9.17) is 0 Å². The van der Waals surface area contributed by atoms with E-state index >= 15 is 0 Å². The molecule has 332 valence electrons. The van der Waals surface area contributed by atoms with E-state index in [2.05, 4.69) is 11.3 Å². The first-order valence-corrected chi connectivity index (χ1v) is 12.2. The van der Waals surface area contributed by atoms with Crippen molar-refractivity contribution in [3.63, 3.8) is 0 Å². The molecule has 0 unspecified atom stereocenters. The third kappa shape index (κ3) is 5.02. The van der Waals surface area contributed by atoms with Crippen LogP contribution in [0.2, 0.25) is 0 Å². The van der Waals surface area contributed by atoms with Crippen LogP contribution in [0.25, 0.3) is 0 Å². The third-order valence-electron chi connectivity index (χ3n) is 7.36. The Kier molecular flexibility index (Phi) is 10.9. The Morgan fingerprint density at radius 1 is 0.375 bits per heavy atom. The molecule has 0 atom stereocenters. The van der Waals surface area contributed by atoms with Crippen LogP contribution in [-0.4, -0.2) is 107 Å². The molecule has 0 N–H and O–H groups in total. The predicted molar refractivity (Wildman–Crippen MR) is 104 cm³/mol. The van der Waals surface area contributed by atoms with Crippen LogP contribution in [0.4, 0.5) is 145 Å². The molecular formula is C21H5F33O2. The number of rotatable bonds is 12. The van der Waals surface area contributed by atoms with Crippen molar-refractivity contribution in [1.82, 2.24) is 0 Å². The summed E-state index contributed by atoms with van der Waals surface area (Å²) in [6.07, 6.45) is -7.84. The summed E-state index contributed by atoms with van der Waals surface area (Å²) in [6.45, 7) is 2.34. The van der Waals surface area contributed by atoms with E-state index in [0.717, 1.165) is 0 Å². The maximum absolute atomic E-state index is 14.8. The second-order valence-corrected chi connectivity index (χ2v) is 11.0. The van der Waals surface area contributed by atoms with Gasteiger partial charge in [0.2, 0.25) is 0 Å². The lowest BCUT2D eigenvalue weighted by Crippen LogP contribution is -2.83. The number of halogens is 33. The smallest absolute Gasteiger partial charge is 0.393 e. The molecule has 0 heterocycles. The quantitative estimate of drug-likeness (QED) is 0.0844. The molecule has 0 aromatic heterocycles. The standard InChI is InChI=1S/C21H5F33O2/c1-3(2)4(55)56-21(53,54)20(51,52)19(49,50)18(47,48)17(45,46)16(43,44)15(41,42)14(39,40)11(33,34)8(27,28)5(22)6(23,24)9(29,30)12(35,36)13(37,38)10(31,32)7(5,25)26/h1H2,2H3. The molecule has 1 aliphatic carbocycles. The van der Waals surface area contributed by atoms with E-state index in [9.17, 15) is 150 Å². The summed E-state index contributed by atoms with van der Waals surface area (Å²) in [5.74, 6) is -151. The van der Waals surface area contributed by atoms with Gasteiger partial charge in [0.15, 0.2) is 0 Å². The molecule has 2 nitrogen and oxygen atoms in total. The van der Waals surface area contributed by atoms with Gasteiger partial charge < -0.3 is 4.74 Å². The van der Waals surface area contributed by atoms with E-state index < -0.39 is 112 Å². The Morgan fingerprint density at radius 2 is 0.571 bits per heavy atom. The van der Waals surface area contributed by atoms with Crippen LogP contribution in [0.1, 0.15) is 6.92 Å². The fourth-order valence-corrected chi connectivity index (χ4v) is 3.86. The van der Waals surface area contributed by atoms with Gasteiger partial charge in [-0.05, 0) is 6.92 Å². The fourth-order valence-electron chi connectivity index (χ4n) is 3.86. The summed E-state index contributed by atoms with van der Waals surface area (Å²) in [6, 6.07) is 0. The Hall–Kier alpha value is -3.10. The van der Waals surface area contributed by atoms with Crippen LogP contribution < -0.4 is 0 Å². The summed E-state index contributed by atoms with van der Waals surface area (Å²) in [5, 5.41) is 0. The van der Waals surface area contributed by atoms with E-state index in [1.807, 2.05) is 0 Å². The number of ether oxygens (including phenoxy) is 1. The van der Waals surface area contributed by atoms with Crippen LogP contribution in [0, 0.1) is 0 Å². The van der Waals surface area contributed by atoms with Crippen molar-refractivity contribution < 1.29 is 154 Å². The van der Waals surface area contributed by atoms with Gasteiger partial charge in [-0.3, -0.25) is 0 Å². The molecule has 0 aromatic carbocycles. The fraction of sp³-hybridized carbons (Fsp3) is 0.857. The molecule has 1 rings (SSSR count). The molecule has 1 aliphatic rings. The Bertz CT molecular complexity index is 1530. The van der Waals surface area contributed by atoms with Crippen LogP contribution in [0.15, 0.2) is 12.2 Å². The monoisotopic (exact) mass is 916 g/mol. The first-order valence-electron chi connectivity index (χ1n) is 12.2. The zero-order valence-electron chi connectivity index (χ0n) is 24.5. The van der Waals surface area contributed by atoms with Gasteiger partial charge >= 0.3 is 107 Å². The topological polar surface area (TPSA) is 26.3 Å².